The zero-order valence-electron chi connectivity index (χ0n) is 24.6. The van der Waals surface area contributed by atoms with Crippen molar-refractivity contribution in [2.24, 2.45) is 45.3 Å². The number of fused-ring (bicyclic) bond motifs is 4. The van der Waals surface area contributed by atoms with Gasteiger partial charge in [-0.05, 0) is 60.8 Å². The molecule has 0 aliphatic heterocycles. The Morgan fingerprint density at radius 3 is 2.21 bits per heavy atom. The zero-order chi connectivity index (χ0) is 28.6. The minimum Gasteiger partial charge on any atom is -0.392 e. The Balaban J connectivity index is 1.70. The van der Waals surface area contributed by atoms with Crippen molar-refractivity contribution in [1.82, 2.24) is 0 Å². The summed E-state index contributed by atoms with van der Waals surface area (Å²) in [6.07, 6.45) is 1.64. The lowest BCUT2D eigenvalue weighted by Gasteiger charge is -2.61. The summed E-state index contributed by atoms with van der Waals surface area (Å²) < 4.78 is 0. The highest BCUT2D eigenvalue weighted by molar-refractivity contribution is 6.01. The van der Waals surface area contributed by atoms with Crippen LogP contribution in [0, 0.1) is 45.3 Å². The third-order valence-corrected chi connectivity index (χ3v) is 11.8. The van der Waals surface area contributed by atoms with Crippen molar-refractivity contribution >= 4 is 23.1 Å². The maximum absolute atomic E-state index is 14.1. The summed E-state index contributed by atoms with van der Waals surface area (Å²) in [6, 6.07) is 0. The van der Waals surface area contributed by atoms with Gasteiger partial charge in [0.2, 0.25) is 0 Å². The van der Waals surface area contributed by atoms with E-state index in [0.29, 0.717) is 56.1 Å². The summed E-state index contributed by atoms with van der Waals surface area (Å²) in [4.78, 5) is 51.4. The predicted octanol–water partition coefficient (Wildman–Crippen LogP) is 5.03. The van der Waals surface area contributed by atoms with Crippen LogP contribution in [0.15, 0.2) is 11.1 Å². The Kier molecular flexibility index (Phi) is 7.31. The van der Waals surface area contributed by atoms with Gasteiger partial charge in [-0.2, -0.15) is 0 Å². The molecule has 0 radical (unpaired) electrons. The van der Waals surface area contributed by atoms with Gasteiger partial charge in [0.25, 0.3) is 0 Å². The maximum atomic E-state index is 14.1. The monoisotopic (exact) mass is 528 g/mol. The molecule has 4 rings (SSSR count). The third kappa shape index (κ3) is 4.11. The van der Waals surface area contributed by atoms with Crippen LogP contribution in [0.4, 0.5) is 0 Å². The van der Waals surface area contributed by atoms with Crippen molar-refractivity contribution in [3.05, 3.63) is 11.1 Å². The Labute approximate surface area is 228 Å². The van der Waals surface area contributed by atoms with Gasteiger partial charge in [0.05, 0.1) is 12.2 Å². The van der Waals surface area contributed by atoms with Gasteiger partial charge in [-0.25, -0.2) is 0 Å². The first-order valence-corrected chi connectivity index (χ1v) is 14.6. The number of carbonyl (C=O) groups is 4. The van der Waals surface area contributed by atoms with Crippen LogP contribution < -0.4 is 0 Å². The van der Waals surface area contributed by atoms with Crippen molar-refractivity contribution in [2.75, 3.05) is 0 Å². The molecule has 38 heavy (non-hydrogen) atoms. The molecule has 0 unspecified atom stereocenters. The molecular formula is C32H48O6. The highest BCUT2D eigenvalue weighted by Crippen LogP contribution is 2.71. The van der Waals surface area contributed by atoms with E-state index in [-0.39, 0.29) is 53.2 Å². The molecule has 0 amide bonds. The number of allylic oxidation sites excluding steroid dienone is 1. The number of hydrogen-bond acceptors (Lipinski definition) is 6. The molecule has 6 nitrogen and oxygen atoms in total. The van der Waals surface area contributed by atoms with Crippen molar-refractivity contribution in [1.29, 1.82) is 0 Å². The molecule has 2 N–H and O–H groups in total. The lowest BCUT2D eigenvalue weighted by molar-refractivity contribution is -0.146. The van der Waals surface area contributed by atoms with Crippen LogP contribution in [0.5, 0.6) is 0 Å². The highest BCUT2D eigenvalue weighted by atomic mass is 16.3. The second kappa shape index (κ2) is 9.47. The molecule has 4 aliphatic carbocycles. The number of hydrogen-bond donors (Lipinski definition) is 2. The van der Waals surface area contributed by atoms with Crippen LogP contribution in [0.3, 0.4) is 0 Å². The average Bonchev–Trinajstić information content (AvgIpc) is 2.98. The van der Waals surface area contributed by atoms with E-state index in [9.17, 15) is 29.4 Å². The van der Waals surface area contributed by atoms with Gasteiger partial charge < -0.3 is 15.0 Å². The number of ketones is 4. The minimum absolute atomic E-state index is 0.00361. The normalized spacial score (nSPS) is 41.7. The molecule has 212 valence electrons. The van der Waals surface area contributed by atoms with E-state index in [0.717, 1.165) is 0 Å². The molecule has 2 saturated carbocycles. The molecule has 9 atom stereocenters. The standard InChI is InChI=1S/C32H48O6/c1-17(11-19(3)33)12-20(34)13-18(2)21-14-26(38)32(8)28-22(35)15-24-29(4,5)25(37)9-10-30(24,6)27(28)23(36)16-31(21,32)7/h17-18,21-22,24,26,35,38H,9-16H2,1-8H3/t17-,18-,21-,22+,24+,26+,30+,31-,32+/m1/s1. The van der Waals surface area contributed by atoms with E-state index in [1.54, 1.807) is 6.92 Å². The summed E-state index contributed by atoms with van der Waals surface area (Å²) in [5.41, 5.74) is -1.16. The maximum Gasteiger partial charge on any atom is 0.160 e. The summed E-state index contributed by atoms with van der Waals surface area (Å²) in [5, 5.41) is 23.3. The highest BCUT2D eigenvalue weighted by Gasteiger charge is 2.70. The van der Waals surface area contributed by atoms with Crippen LogP contribution in [-0.4, -0.2) is 45.6 Å². The van der Waals surface area contributed by atoms with Crippen LogP contribution in [0.25, 0.3) is 0 Å². The van der Waals surface area contributed by atoms with E-state index in [1.165, 1.54) is 0 Å². The lowest BCUT2D eigenvalue weighted by atomic mass is 9.42. The summed E-state index contributed by atoms with van der Waals surface area (Å²) in [5.74, 6) is 0.180. The summed E-state index contributed by atoms with van der Waals surface area (Å²) in [6.45, 7) is 15.6. The van der Waals surface area contributed by atoms with Crippen LogP contribution >= 0.6 is 0 Å². The molecular weight excluding hydrogens is 480 g/mol. The topological polar surface area (TPSA) is 109 Å². The first kappa shape index (κ1) is 29.3. The largest absolute Gasteiger partial charge is 0.392 e. The molecule has 4 aliphatic rings. The average molecular weight is 529 g/mol. The van der Waals surface area contributed by atoms with Gasteiger partial charge in [0.1, 0.15) is 17.3 Å². The first-order chi connectivity index (χ1) is 17.4. The fourth-order valence-corrected chi connectivity index (χ4v) is 9.73. The number of aliphatic hydroxyl groups excluding tert-OH is 2. The Morgan fingerprint density at radius 2 is 1.61 bits per heavy atom. The van der Waals surface area contributed by atoms with Crippen LogP contribution in [0.2, 0.25) is 0 Å². The summed E-state index contributed by atoms with van der Waals surface area (Å²) >= 11 is 0. The molecule has 0 saturated heterocycles. The van der Waals surface area contributed by atoms with E-state index in [2.05, 4.69) is 13.8 Å². The van der Waals surface area contributed by atoms with Gasteiger partial charge in [0.15, 0.2) is 5.78 Å². The lowest BCUT2D eigenvalue weighted by Crippen LogP contribution is -2.60. The van der Waals surface area contributed by atoms with E-state index in [1.807, 2.05) is 34.6 Å². The van der Waals surface area contributed by atoms with Crippen molar-refractivity contribution in [3.63, 3.8) is 0 Å². The molecule has 0 spiro atoms. The second-order valence-electron chi connectivity index (χ2n) is 14.7. The molecule has 0 bridgehead atoms. The van der Waals surface area contributed by atoms with E-state index >= 15 is 0 Å². The van der Waals surface area contributed by atoms with Gasteiger partial charge in [0, 0.05) is 53.9 Å². The van der Waals surface area contributed by atoms with Crippen LogP contribution in [0.1, 0.15) is 107 Å². The fraction of sp³-hybridized carbons (Fsp3) is 0.812. The van der Waals surface area contributed by atoms with Crippen molar-refractivity contribution < 1.29 is 29.4 Å². The minimum atomic E-state index is -0.889. The molecule has 0 heterocycles. The molecule has 0 aromatic rings. The number of Topliss-reactive ketones (excluding diaryl/α,β-unsaturated/α-hetero) is 4. The second-order valence-corrected chi connectivity index (χ2v) is 14.7. The van der Waals surface area contributed by atoms with Crippen molar-refractivity contribution in [3.8, 4) is 0 Å². The van der Waals surface area contributed by atoms with Crippen LogP contribution in [-0.2, 0) is 19.2 Å². The number of carbonyl (C=O) groups excluding carboxylic acids is 4. The molecule has 0 aromatic carbocycles. The molecule has 0 aromatic heterocycles. The third-order valence-electron chi connectivity index (χ3n) is 11.8. The Bertz CT molecular complexity index is 1090. The smallest absolute Gasteiger partial charge is 0.160 e. The van der Waals surface area contributed by atoms with Gasteiger partial charge in [-0.3, -0.25) is 14.4 Å². The first-order valence-electron chi connectivity index (χ1n) is 14.6. The SMILES string of the molecule is CC(=O)C[C@@H](C)CC(=O)C[C@@H](C)[C@H]1C[C@H](O)[C@@]2(C)C3=C(C(=O)C[C@]12C)[C@@]1(C)CCC(=O)C(C)(C)[C@@H]1C[C@@H]3O. The van der Waals surface area contributed by atoms with E-state index < -0.39 is 33.9 Å². The van der Waals surface area contributed by atoms with Gasteiger partial charge >= 0.3 is 0 Å². The number of aliphatic hydroxyl groups is 2. The zero-order valence-corrected chi connectivity index (χ0v) is 24.6. The van der Waals surface area contributed by atoms with Crippen molar-refractivity contribution in [2.45, 2.75) is 119 Å². The number of rotatable bonds is 7. The summed E-state index contributed by atoms with van der Waals surface area (Å²) in [7, 11) is 0. The Hall–Kier alpha value is -1.66. The molecule has 6 heteroatoms. The van der Waals surface area contributed by atoms with Gasteiger partial charge in [-0.1, -0.05) is 48.5 Å². The predicted molar refractivity (Wildman–Crippen MR) is 145 cm³/mol. The van der Waals surface area contributed by atoms with Gasteiger partial charge in [-0.15, -0.1) is 0 Å². The van der Waals surface area contributed by atoms with E-state index in [4.69, 9.17) is 0 Å². The fourth-order valence-electron chi connectivity index (χ4n) is 9.73. The quantitative estimate of drug-likeness (QED) is 0.480. The molecule has 2 fully saturated rings. The Morgan fingerprint density at radius 1 is 0.974 bits per heavy atom.